The molecule has 10 heteroatoms. The highest BCUT2D eigenvalue weighted by Crippen LogP contribution is 2.52. The number of nitrogens with two attached hydrogens (primary N) is 1. The van der Waals surface area contributed by atoms with E-state index in [0.717, 1.165) is 12.3 Å². The zero-order valence-corrected chi connectivity index (χ0v) is 15.4. The standard InChI is InChI=1S/C19H19F6N3O/c1-18(26,7-11-8-19(11,24)25)9-29-14-3-2-12(28-15(14)17(22)23)10-4-5-27-13(6-10)16(20)21/h2-6,11,16-17H,7-9,26H2,1H3/t11?,18-/m0/s1. The van der Waals surface area contributed by atoms with Crippen molar-refractivity contribution in [1.82, 2.24) is 9.97 Å². The van der Waals surface area contributed by atoms with Crippen LogP contribution in [0, 0.1) is 5.92 Å². The summed E-state index contributed by atoms with van der Waals surface area (Å²) < 4.78 is 84.1. The Bertz CT molecular complexity index is 875. The number of alkyl halides is 6. The Hall–Kier alpha value is -2.36. The summed E-state index contributed by atoms with van der Waals surface area (Å²) in [7, 11) is 0. The summed E-state index contributed by atoms with van der Waals surface area (Å²) in [6.45, 7) is 1.25. The van der Waals surface area contributed by atoms with E-state index in [2.05, 4.69) is 9.97 Å². The van der Waals surface area contributed by atoms with Gasteiger partial charge in [-0.15, -0.1) is 0 Å². The lowest BCUT2D eigenvalue weighted by Gasteiger charge is -2.25. The maximum Gasteiger partial charge on any atom is 0.284 e. The molecular formula is C19H19F6N3O. The number of rotatable bonds is 8. The minimum absolute atomic E-state index is 0.0110. The first kappa shape index (κ1) is 21.4. The third-order valence-electron chi connectivity index (χ3n) is 4.62. The first-order valence-corrected chi connectivity index (χ1v) is 8.81. The number of halogens is 6. The van der Waals surface area contributed by atoms with Gasteiger partial charge < -0.3 is 10.5 Å². The van der Waals surface area contributed by atoms with E-state index in [4.69, 9.17) is 10.5 Å². The van der Waals surface area contributed by atoms with Crippen LogP contribution in [0.1, 0.15) is 44.0 Å². The van der Waals surface area contributed by atoms with E-state index in [1.165, 1.54) is 25.1 Å². The molecule has 1 saturated carbocycles. The lowest BCUT2D eigenvalue weighted by Crippen LogP contribution is -2.43. The topological polar surface area (TPSA) is 61.0 Å². The molecule has 1 aliphatic rings. The van der Waals surface area contributed by atoms with Crippen LogP contribution in [0.3, 0.4) is 0 Å². The molecule has 4 nitrogen and oxygen atoms in total. The van der Waals surface area contributed by atoms with Gasteiger partial charge in [0.25, 0.3) is 18.8 Å². The molecule has 0 spiro atoms. The number of pyridine rings is 2. The van der Waals surface area contributed by atoms with E-state index in [1.54, 1.807) is 0 Å². The first-order chi connectivity index (χ1) is 13.5. The third-order valence-corrected chi connectivity index (χ3v) is 4.62. The summed E-state index contributed by atoms with van der Waals surface area (Å²) in [5.74, 6) is -3.82. The second-order valence-electron chi connectivity index (χ2n) is 7.46. The van der Waals surface area contributed by atoms with Crippen molar-refractivity contribution in [3.8, 4) is 17.0 Å². The quantitative estimate of drug-likeness (QED) is 0.601. The third kappa shape index (κ3) is 5.17. The molecule has 2 N–H and O–H groups in total. The Labute approximate surface area is 163 Å². The lowest BCUT2D eigenvalue weighted by atomic mass is 9.97. The fourth-order valence-corrected chi connectivity index (χ4v) is 2.98. The molecular weight excluding hydrogens is 400 g/mol. The van der Waals surface area contributed by atoms with Gasteiger partial charge in [0, 0.05) is 29.6 Å². The fraction of sp³-hybridized carbons (Fsp3) is 0.474. The Kier molecular flexibility index (Phi) is 5.75. The Morgan fingerprint density at radius 1 is 1.21 bits per heavy atom. The average molecular weight is 419 g/mol. The van der Waals surface area contributed by atoms with Crippen molar-refractivity contribution in [2.75, 3.05) is 6.61 Å². The van der Waals surface area contributed by atoms with Crippen LogP contribution in [0.25, 0.3) is 11.3 Å². The number of hydrogen-bond acceptors (Lipinski definition) is 4. The molecule has 0 bridgehead atoms. The molecule has 3 rings (SSSR count). The fourth-order valence-electron chi connectivity index (χ4n) is 2.98. The van der Waals surface area contributed by atoms with Crippen LogP contribution in [0.15, 0.2) is 30.5 Å². The van der Waals surface area contributed by atoms with Gasteiger partial charge in [-0.3, -0.25) is 4.98 Å². The van der Waals surface area contributed by atoms with Crippen molar-refractivity contribution in [1.29, 1.82) is 0 Å². The van der Waals surface area contributed by atoms with E-state index in [9.17, 15) is 26.3 Å². The van der Waals surface area contributed by atoms with Gasteiger partial charge in [-0.1, -0.05) is 0 Å². The zero-order chi connectivity index (χ0) is 21.4. The van der Waals surface area contributed by atoms with Gasteiger partial charge >= 0.3 is 0 Å². The predicted octanol–water partition coefficient (Wildman–Crippen LogP) is 5.16. The smallest absolute Gasteiger partial charge is 0.284 e. The van der Waals surface area contributed by atoms with Crippen LogP contribution < -0.4 is 10.5 Å². The molecule has 1 unspecified atom stereocenters. The van der Waals surface area contributed by atoms with Gasteiger partial charge in [-0.05, 0) is 37.6 Å². The number of aromatic nitrogens is 2. The molecule has 2 heterocycles. The summed E-state index contributed by atoms with van der Waals surface area (Å²) in [6, 6.07) is 5.01. The van der Waals surface area contributed by atoms with E-state index >= 15 is 0 Å². The van der Waals surface area contributed by atoms with E-state index in [-0.39, 0.29) is 36.5 Å². The molecule has 0 saturated heterocycles. The maximum atomic E-state index is 13.5. The van der Waals surface area contributed by atoms with Crippen LogP contribution in [-0.4, -0.2) is 28.0 Å². The molecule has 0 amide bonds. The Morgan fingerprint density at radius 3 is 2.48 bits per heavy atom. The summed E-state index contributed by atoms with van der Waals surface area (Å²) in [5, 5.41) is 0. The molecule has 0 aliphatic heterocycles. The molecule has 1 aliphatic carbocycles. The number of nitrogens with zero attached hydrogens (tertiary/aromatic N) is 2. The summed E-state index contributed by atoms with van der Waals surface area (Å²) in [4.78, 5) is 7.35. The SMILES string of the molecule is C[C@@](N)(COc1ccc(-c2ccnc(C(F)F)c2)nc1C(F)F)CC1CC1(F)F. The van der Waals surface area contributed by atoms with Crippen molar-refractivity contribution < 1.29 is 31.1 Å². The summed E-state index contributed by atoms with van der Waals surface area (Å²) in [6.07, 6.45) is -4.93. The average Bonchev–Trinajstić information content (AvgIpc) is 3.24. The monoisotopic (exact) mass is 419 g/mol. The van der Waals surface area contributed by atoms with Gasteiger partial charge in [0.1, 0.15) is 23.7 Å². The molecule has 158 valence electrons. The van der Waals surface area contributed by atoms with Gasteiger partial charge in [0.15, 0.2) is 0 Å². The molecule has 0 aromatic carbocycles. The van der Waals surface area contributed by atoms with Gasteiger partial charge in [0.2, 0.25) is 0 Å². The van der Waals surface area contributed by atoms with Gasteiger partial charge in [0.05, 0.1) is 5.69 Å². The largest absolute Gasteiger partial charge is 0.490 e. The van der Waals surface area contributed by atoms with Crippen molar-refractivity contribution in [3.05, 3.63) is 41.9 Å². The highest BCUT2D eigenvalue weighted by molar-refractivity contribution is 5.60. The molecule has 2 atom stereocenters. The van der Waals surface area contributed by atoms with Crippen molar-refractivity contribution in [2.45, 2.75) is 44.1 Å². The minimum atomic E-state index is -3.00. The summed E-state index contributed by atoms with van der Waals surface area (Å²) >= 11 is 0. The molecule has 0 radical (unpaired) electrons. The lowest BCUT2D eigenvalue weighted by molar-refractivity contribution is 0.0867. The van der Waals surface area contributed by atoms with Crippen LogP contribution in [0.2, 0.25) is 0 Å². The highest BCUT2D eigenvalue weighted by atomic mass is 19.3. The number of ether oxygens (including phenoxy) is 1. The zero-order valence-electron chi connectivity index (χ0n) is 15.4. The van der Waals surface area contributed by atoms with Crippen LogP contribution in [0.4, 0.5) is 26.3 Å². The van der Waals surface area contributed by atoms with E-state index in [1.807, 2.05) is 0 Å². The normalized spacial score (nSPS) is 20.0. The minimum Gasteiger partial charge on any atom is -0.490 e. The van der Waals surface area contributed by atoms with Crippen LogP contribution >= 0.6 is 0 Å². The van der Waals surface area contributed by atoms with Gasteiger partial charge in [-0.2, -0.15) is 0 Å². The van der Waals surface area contributed by atoms with E-state index in [0.29, 0.717) is 0 Å². The Morgan fingerprint density at radius 2 is 1.90 bits per heavy atom. The van der Waals surface area contributed by atoms with E-state index < -0.39 is 41.6 Å². The predicted molar refractivity (Wildman–Crippen MR) is 93.1 cm³/mol. The maximum absolute atomic E-state index is 13.5. The highest BCUT2D eigenvalue weighted by Gasteiger charge is 2.58. The van der Waals surface area contributed by atoms with Crippen molar-refractivity contribution >= 4 is 0 Å². The van der Waals surface area contributed by atoms with Crippen molar-refractivity contribution in [2.24, 2.45) is 11.7 Å². The van der Waals surface area contributed by atoms with Crippen LogP contribution in [0.5, 0.6) is 5.75 Å². The number of hydrogen-bond donors (Lipinski definition) is 1. The van der Waals surface area contributed by atoms with Crippen molar-refractivity contribution in [3.63, 3.8) is 0 Å². The first-order valence-electron chi connectivity index (χ1n) is 8.81. The molecule has 1 fully saturated rings. The van der Waals surface area contributed by atoms with Crippen LogP contribution in [-0.2, 0) is 0 Å². The summed E-state index contributed by atoms with van der Waals surface area (Å²) in [5.41, 5.74) is 3.89. The molecule has 2 aromatic rings. The second-order valence-corrected chi connectivity index (χ2v) is 7.46. The van der Waals surface area contributed by atoms with Gasteiger partial charge in [-0.25, -0.2) is 31.3 Å². The Balaban J connectivity index is 1.77. The second kappa shape index (κ2) is 7.81. The molecule has 29 heavy (non-hydrogen) atoms. The molecule has 2 aromatic heterocycles.